The van der Waals surface area contributed by atoms with Crippen molar-refractivity contribution >= 4 is 22.1 Å². The fourth-order valence-electron chi connectivity index (χ4n) is 1.97. The Labute approximate surface area is 138 Å². The first-order valence-electron chi connectivity index (χ1n) is 6.92. The zero-order valence-electron chi connectivity index (χ0n) is 12.5. The molecule has 0 saturated carbocycles. The number of rotatable bonds is 6. The number of ether oxygens (including phenoxy) is 2. The minimum Gasteiger partial charge on any atom is -0.507 e. The zero-order chi connectivity index (χ0) is 15.9. The van der Waals surface area contributed by atoms with Crippen molar-refractivity contribution in [2.45, 2.75) is 13.5 Å². The highest BCUT2D eigenvalue weighted by atomic mass is 79.9. The van der Waals surface area contributed by atoms with Gasteiger partial charge in [-0.25, -0.2) is 0 Å². The van der Waals surface area contributed by atoms with Crippen LogP contribution in [0.25, 0.3) is 0 Å². The van der Waals surface area contributed by atoms with E-state index in [1.165, 1.54) is 0 Å². The second-order valence-corrected chi connectivity index (χ2v) is 5.51. The molecular formula is C17H18BrNO3. The van der Waals surface area contributed by atoms with Gasteiger partial charge in [0, 0.05) is 16.3 Å². The Bertz CT molecular complexity index is 671. The van der Waals surface area contributed by atoms with Gasteiger partial charge in [0.05, 0.1) is 20.3 Å². The average Bonchev–Trinajstić information content (AvgIpc) is 2.51. The molecule has 0 radical (unpaired) electrons. The highest BCUT2D eigenvalue weighted by molar-refractivity contribution is 9.10. The van der Waals surface area contributed by atoms with Gasteiger partial charge in [0.25, 0.3) is 0 Å². The minimum atomic E-state index is 0.205. The van der Waals surface area contributed by atoms with Crippen molar-refractivity contribution in [2.24, 2.45) is 4.99 Å². The summed E-state index contributed by atoms with van der Waals surface area (Å²) in [5.41, 5.74) is 1.68. The van der Waals surface area contributed by atoms with Gasteiger partial charge in [-0.2, -0.15) is 0 Å². The number of halogens is 1. The Morgan fingerprint density at radius 2 is 2.00 bits per heavy atom. The SMILES string of the molecule is CCOc1cc(CN=Cc2cc(Br)ccc2O)ccc1OC. The highest BCUT2D eigenvalue weighted by Crippen LogP contribution is 2.28. The summed E-state index contributed by atoms with van der Waals surface area (Å²) in [4.78, 5) is 4.37. The average molecular weight is 364 g/mol. The molecule has 0 fully saturated rings. The van der Waals surface area contributed by atoms with E-state index in [1.807, 2.05) is 31.2 Å². The van der Waals surface area contributed by atoms with Crippen LogP contribution < -0.4 is 9.47 Å². The number of benzene rings is 2. The smallest absolute Gasteiger partial charge is 0.161 e. The molecule has 2 rings (SSSR count). The Morgan fingerprint density at radius 3 is 2.73 bits per heavy atom. The van der Waals surface area contributed by atoms with Gasteiger partial charge in [-0.3, -0.25) is 4.99 Å². The van der Waals surface area contributed by atoms with Gasteiger partial charge in [0.2, 0.25) is 0 Å². The summed E-state index contributed by atoms with van der Waals surface area (Å²) in [6.07, 6.45) is 1.66. The molecule has 116 valence electrons. The number of hydrogen-bond acceptors (Lipinski definition) is 4. The Kier molecular flexibility index (Phi) is 5.83. The van der Waals surface area contributed by atoms with Crippen LogP contribution in [0, 0.1) is 0 Å². The van der Waals surface area contributed by atoms with Crippen molar-refractivity contribution < 1.29 is 14.6 Å². The summed E-state index contributed by atoms with van der Waals surface area (Å²) in [5.74, 6) is 1.62. The lowest BCUT2D eigenvalue weighted by molar-refractivity contribution is 0.310. The quantitative estimate of drug-likeness (QED) is 0.783. The first-order chi connectivity index (χ1) is 10.6. The second-order valence-electron chi connectivity index (χ2n) is 4.59. The van der Waals surface area contributed by atoms with Crippen LogP contribution in [0.15, 0.2) is 45.9 Å². The molecule has 2 aromatic rings. The molecule has 5 heteroatoms. The van der Waals surface area contributed by atoms with Crippen LogP contribution in [-0.4, -0.2) is 25.0 Å². The van der Waals surface area contributed by atoms with E-state index in [4.69, 9.17) is 9.47 Å². The lowest BCUT2D eigenvalue weighted by atomic mass is 10.2. The van der Waals surface area contributed by atoms with Crippen LogP contribution in [0.2, 0.25) is 0 Å². The number of aromatic hydroxyl groups is 1. The first-order valence-corrected chi connectivity index (χ1v) is 7.71. The van der Waals surface area contributed by atoms with Crippen LogP contribution in [0.1, 0.15) is 18.1 Å². The predicted molar refractivity (Wildman–Crippen MR) is 91.3 cm³/mol. The van der Waals surface area contributed by atoms with Crippen LogP contribution in [0.4, 0.5) is 0 Å². The van der Waals surface area contributed by atoms with E-state index in [0.717, 1.165) is 10.0 Å². The molecule has 4 nitrogen and oxygen atoms in total. The summed E-state index contributed by atoms with van der Waals surface area (Å²) in [5, 5.41) is 9.77. The number of phenolic OH excluding ortho intramolecular Hbond substituents is 1. The summed E-state index contributed by atoms with van der Waals surface area (Å²) in [6.45, 7) is 3.01. The lowest BCUT2D eigenvalue weighted by Crippen LogP contribution is -1.96. The largest absolute Gasteiger partial charge is 0.507 e. The number of nitrogens with zero attached hydrogens (tertiary/aromatic N) is 1. The molecule has 2 aromatic carbocycles. The molecule has 0 unspecified atom stereocenters. The van der Waals surface area contributed by atoms with E-state index < -0.39 is 0 Å². The number of methoxy groups -OCH3 is 1. The summed E-state index contributed by atoms with van der Waals surface area (Å²) in [6, 6.07) is 11.0. The molecule has 0 spiro atoms. The zero-order valence-corrected chi connectivity index (χ0v) is 14.1. The maximum Gasteiger partial charge on any atom is 0.161 e. The molecule has 1 N–H and O–H groups in total. The molecule has 0 aliphatic carbocycles. The van der Waals surface area contributed by atoms with E-state index in [0.29, 0.717) is 30.2 Å². The fraction of sp³-hybridized carbons (Fsp3) is 0.235. The monoisotopic (exact) mass is 363 g/mol. The van der Waals surface area contributed by atoms with E-state index in [1.54, 1.807) is 25.5 Å². The number of aliphatic imine (C=N–C) groups is 1. The maximum atomic E-state index is 9.77. The van der Waals surface area contributed by atoms with Gasteiger partial charge in [0.15, 0.2) is 11.5 Å². The Hall–Kier alpha value is -2.01. The number of hydrogen-bond donors (Lipinski definition) is 1. The molecule has 0 saturated heterocycles. The van der Waals surface area contributed by atoms with Crippen molar-refractivity contribution in [2.75, 3.05) is 13.7 Å². The first kappa shape index (κ1) is 16.4. The van der Waals surface area contributed by atoms with Crippen LogP contribution in [-0.2, 0) is 6.54 Å². The van der Waals surface area contributed by atoms with Gasteiger partial charge < -0.3 is 14.6 Å². The third-order valence-electron chi connectivity index (χ3n) is 3.02. The lowest BCUT2D eigenvalue weighted by Gasteiger charge is -2.10. The molecule has 22 heavy (non-hydrogen) atoms. The maximum absolute atomic E-state index is 9.77. The Balaban J connectivity index is 2.12. The van der Waals surface area contributed by atoms with E-state index in [-0.39, 0.29) is 5.75 Å². The van der Waals surface area contributed by atoms with Crippen molar-refractivity contribution in [1.29, 1.82) is 0 Å². The van der Waals surface area contributed by atoms with Crippen molar-refractivity contribution in [3.63, 3.8) is 0 Å². The third kappa shape index (κ3) is 4.24. The minimum absolute atomic E-state index is 0.205. The molecule has 0 aromatic heterocycles. The highest BCUT2D eigenvalue weighted by Gasteiger charge is 2.05. The molecule has 0 atom stereocenters. The summed E-state index contributed by atoms with van der Waals surface area (Å²) < 4.78 is 11.7. The van der Waals surface area contributed by atoms with Crippen LogP contribution in [0.5, 0.6) is 17.2 Å². The predicted octanol–water partition coefficient (Wildman–Crippen LogP) is 4.18. The molecule has 0 aliphatic heterocycles. The van der Waals surface area contributed by atoms with Gasteiger partial charge in [0.1, 0.15) is 5.75 Å². The summed E-state index contributed by atoms with van der Waals surface area (Å²) >= 11 is 3.37. The fourth-order valence-corrected chi connectivity index (χ4v) is 2.34. The van der Waals surface area contributed by atoms with Crippen molar-refractivity contribution in [3.8, 4) is 17.2 Å². The van der Waals surface area contributed by atoms with Crippen LogP contribution in [0.3, 0.4) is 0 Å². The van der Waals surface area contributed by atoms with Gasteiger partial charge in [-0.1, -0.05) is 22.0 Å². The summed E-state index contributed by atoms with van der Waals surface area (Å²) in [7, 11) is 1.62. The van der Waals surface area contributed by atoms with Crippen molar-refractivity contribution in [3.05, 3.63) is 52.0 Å². The van der Waals surface area contributed by atoms with Gasteiger partial charge in [-0.15, -0.1) is 0 Å². The topological polar surface area (TPSA) is 51.0 Å². The Morgan fingerprint density at radius 1 is 1.18 bits per heavy atom. The van der Waals surface area contributed by atoms with E-state index in [2.05, 4.69) is 20.9 Å². The second kappa shape index (κ2) is 7.84. The molecule has 0 amide bonds. The van der Waals surface area contributed by atoms with Gasteiger partial charge >= 0.3 is 0 Å². The molecule has 0 bridgehead atoms. The molecule has 0 heterocycles. The number of phenols is 1. The van der Waals surface area contributed by atoms with Crippen LogP contribution >= 0.6 is 15.9 Å². The third-order valence-corrected chi connectivity index (χ3v) is 3.51. The van der Waals surface area contributed by atoms with E-state index >= 15 is 0 Å². The van der Waals surface area contributed by atoms with Gasteiger partial charge in [-0.05, 0) is 42.8 Å². The normalized spacial score (nSPS) is 10.9. The van der Waals surface area contributed by atoms with E-state index in [9.17, 15) is 5.11 Å². The van der Waals surface area contributed by atoms with Crippen molar-refractivity contribution in [1.82, 2.24) is 0 Å². The molecule has 0 aliphatic rings. The standard InChI is InChI=1S/C17H18BrNO3/c1-3-22-17-8-12(4-7-16(17)21-2)10-19-11-13-9-14(18)5-6-15(13)20/h4-9,11,20H,3,10H2,1-2H3. The molecular weight excluding hydrogens is 346 g/mol.